The Bertz CT molecular complexity index is 1700. The van der Waals surface area contributed by atoms with E-state index >= 15 is 0 Å². The molecule has 0 radical (unpaired) electrons. The molecule has 0 aliphatic heterocycles. The van der Waals surface area contributed by atoms with Gasteiger partial charge in [-0.05, 0) is 119 Å². The molecule has 7 rings (SSSR count). The fourth-order valence-electron chi connectivity index (χ4n) is 7.75. The topological polar surface area (TPSA) is 49.8 Å². The van der Waals surface area contributed by atoms with Gasteiger partial charge in [-0.3, -0.25) is 9.97 Å². The summed E-state index contributed by atoms with van der Waals surface area (Å²) in [6, 6.07) is 14.8. The van der Waals surface area contributed by atoms with Gasteiger partial charge in [0.2, 0.25) is 0 Å². The summed E-state index contributed by atoms with van der Waals surface area (Å²) in [5, 5.41) is 10.9. The molecule has 2 atom stereocenters. The van der Waals surface area contributed by atoms with E-state index in [0.717, 1.165) is 80.5 Å². The molecular formula is C38H43ClN4. The van der Waals surface area contributed by atoms with E-state index in [1.807, 2.05) is 12.1 Å². The number of nitrogens with one attached hydrogen (secondary N) is 2. The maximum absolute atomic E-state index is 6.37. The van der Waals surface area contributed by atoms with Crippen molar-refractivity contribution in [3.8, 4) is 0 Å². The number of pyridine rings is 2. The van der Waals surface area contributed by atoms with E-state index in [9.17, 15) is 0 Å². The Kier molecular flexibility index (Phi) is 8.39. The molecule has 4 nitrogen and oxygen atoms in total. The smallest absolute Gasteiger partial charge is 0.0741 e. The van der Waals surface area contributed by atoms with Crippen LogP contribution in [0.25, 0.3) is 21.8 Å². The van der Waals surface area contributed by atoms with Crippen LogP contribution in [-0.4, -0.2) is 23.1 Å². The van der Waals surface area contributed by atoms with Gasteiger partial charge in [0, 0.05) is 57.2 Å². The minimum Gasteiger partial charge on any atom is -0.384 e. The molecule has 2 N–H and O–H groups in total. The minimum absolute atomic E-state index is 0.568. The fraction of sp³-hybridized carbons (Fsp3) is 0.421. The monoisotopic (exact) mass is 590 g/mol. The van der Waals surface area contributed by atoms with Crippen molar-refractivity contribution in [2.75, 3.05) is 23.7 Å². The van der Waals surface area contributed by atoms with Crippen molar-refractivity contribution < 1.29 is 0 Å². The third kappa shape index (κ3) is 6.04. The van der Waals surface area contributed by atoms with Crippen molar-refractivity contribution in [3.63, 3.8) is 0 Å². The van der Waals surface area contributed by atoms with Crippen LogP contribution in [0.3, 0.4) is 0 Å². The molecule has 2 aromatic carbocycles. The Labute approximate surface area is 261 Å². The van der Waals surface area contributed by atoms with E-state index in [-0.39, 0.29) is 0 Å². The Morgan fingerprint density at radius 3 is 2.44 bits per heavy atom. The second-order valence-electron chi connectivity index (χ2n) is 12.9. The number of para-hydroxylation sites is 1. The van der Waals surface area contributed by atoms with Crippen LogP contribution in [0.15, 0.2) is 66.3 Å². The highest BCUT2D eigenvalue weighted by atomic mass is 35.5. The lowest BCUT2D eigenvalue weighted by molar-refractivity contribution is 0.433. The second kappa shape index (κ2) is 12.7. The number of nitrogens with zero attached hydrogens (tertiary/aromatic N) is 2. The molecule has 0 fully saturated rings. The second-order valence-corrected chi connectivity index (χ2v) is 13.3. The number of hydrogen-bond donors (Lipinski definition) is 2. The predicted octanol–water partition coefficient (Wildman–Crippen LogP) is 9.95. The third-order valence-corrected chi connectivity index (χ3v) is 9.87. The number of allylic oxidation sites excluding steroid dienone is 4. The summed E-state index contributed by atoms with van der Waals surface area (Å²) in [5.41, 5.74) is 11.8. The molecule has 4 aromatic rings. The summed E-state index contributed by atoms with van der Waals surface area (Å²) in [6.07, 6.45) is 19.9. The van der Waals surface area contributed by atoms with Gasteiger partial charge in [-0.2, -0.15) is 0 Å². The maximum atomic E-state index is 6.37. The van der Waals surface area contributed by atoms with Gasteiger partial charge in [0.1, 0.15) is 0 Å². The quantitative estimate of drug-likeness (QED) is 0.142. The average molecular weight is 591 g/mol. The van der Waals surface area contributed by atoms with Crippen molar-refractivity contribution in [1.82, 2.24) is 9.97 Å². The first-order chi connectivity index (χ1) is 21.1. The molecule has 0 saturated heterocycles. The van der Waals surface area contributed by atoms with Crippen molar-refractivity contribution >= 4 is 44.8 Å². The number of unbranched alkanes of at least 4 members (excludes halogenated alkanes) is 2. The zero-order valence-electron chi connectivity index (χ0n) is 25.4. The van der Waals surface area contributed by atoms with Crippen LogP contribution < -0.4 is 10.6 Å². The van der Waals surface area contributed by atoms with Crippen LogP contribution in [0, 0.1) is 5.92 Å². The average Bonchev–Trinajstić information content (AvgIpc) is 3.00. The van der Waals surface area contributed by atoms with Crippen molar-refractivity contribution in [3.05, 3.63) is 93.8 Å². The normalized spacial score (nSPS) is 19.3. The Balaban J connectivity index is 0.931. The number of rotatable bonds is 10. The molecule has 43 heavy (non-hydrogen) atoms. The predicted molar refractivity (Wildman–Crippen MR) is 183 cm³/mol. The standard InChI is InChI=1S/C38H43ClN4/c1-25-20-26-22-27(21-25)36-35(23-26)43-34-24-28(39)16-17-31(34)38(36)41-19-11-5-3-2-4-10-18-40-37-29-12-6-8-14-32(29)42-33-15-9-7-13-30(33)37/h2-3,6,8,12,14,16-17,20,24,26-27H,4-5,7,9-11,13,15,18-19,21-23H2,1H3,(H,40,42)(H,41,43)/b3-2+/t26-,27+/m0/s1. The molecule has 2 heterocycles. The van der Waals surface area contributed by atoms with Crippen molar-refractivity contribution in [2.45, 2.75) is 83.5 Å². The SMILES string of the molecule is CC1=C[C@@H]2Cc3nc4cc(Cl)ccc4c(NCCC/C=C/CCCNc4c5c(nc6ccccc46)CCCC5)c3[C@H](C1)C2. The maximum Gasteiger partial charge on any atom is 0.0741 e. The summed E-state index contributed by atoms with van der Waals surface area (Å²) in [7, 11) is 0. The summed E-state index contributed by atoms with van der Waals surface area (Å²) in [5.74, 6) is 1.19. The van der Waals surface area contributed by atoms with Gasteiger partial charge >= 0.3 is 0 Å². The molecule has 2 bridgehead atoms. The third-order valence-electron chi connectivity index (χ3n) is 9.64. The molecule has 0 amide bonds. The minimum atomic E-state index is 0.568. The number of aromatic nitrogens is 2. The first kappa shape index (κ1) is 28.4. The molecule has 0 saturated carbocycles. The molecule has 3 aliphatic carbocycles. The van der Waals surface area contributed by atoms with Crippen molar-refractivity contribution in [1.29, 1.82) is 0 Å². The number of halogens is 1. The number of fused-ring (bicyclic) bond motifs is 7. The lowest BCUT2D eigenvalue weighted by Gasteiger charge is -2.36. The highest BCUT2D eigenvalue weighted by molar-refractivity contribution is 6.31. The van der Waals surface area contributed by atoms with Gasteiger partial charge in [0.15, 0.2) is 0 Å². The van der Waals surface area contributed by atoms with Crippen LogP contribution in [0.2, 0.25) is 5.02 Å². The molecule has 2 aromatic heterocycles. The van der Waals surface area contributed by atoms with Crippen molar-refractivity contribution in [2.24, 2.45) is 5.92 Å². The van der Waals surface area contributed by atoms with Gasteiger partial charge in [-0.25, -0.2) is 0 Å². The first-order valence-electron chi connectivity index (χ1n) is 16.5. The van der Waals surface area contributed by atoms with Gasteiger partial charge in [0.25, 0.3) is 0 Å². The molecule has 0 unspecified atom stereocenters. The van der Waals surface area contributed by atoms with Crippen LogP contribution in [0.4, 0.5) is 11.4 Å². The summed E-state index contributed by atoms with van der Waals surface area (Å²) < 4.78 is 0. The summed E-state index contributed by atoms with van der Waals surface area (Å²) >= 11 is 6.37. The fourth-order valence-corrected chi connectivity index (χ4v) is 7.92. The lowest BCUT2D eigenvalue weighted by atomic mass is 9.71. The summed E-state index contributed by atoms with van der Waals surface area (Å²) in [4.78, 5) is 10.1. The van der Waals surface area contributed by atoms with E-state index < -0.39 is 0 Å². The highest BCUT2D eigenvalue weighted by Gasteiger charge is 2.33. The number of aryl methyl sites for hydroxylation is 1. The van der Waals surface area contributed by atoms with E-state index in [1.54, 1.807) is 0 Å². The zero-order valence-corrected chi connectivity index (χ0v) is 26.1. The molecule has 222 valence electrons. The highest BCUT2D eigenvalue weighted by Crippen LogP contribution is 2.47. The van der Waals surface area contributed by atoms with Gasteiger partial charge < -0.3 is 10.6 Å². The molecule has 0 spiro atoms. The van der Waals surface area contributed by atoms with E-state index in [4.69, 9.17) is 21.6 Å². The lowest BCUT2D eigenvalue weighted by Crippen LogP contribution is -2.24. The Morgan fingerprint density at radius 1 is 0.837 bits per heavy atom. The van der Waals surface area contributed by atoms with Gasteiger partial charge in [-0.1, -0.05) is 53.6 Å². The first-order valence-corrected chi connectivity index (χ1v) is 16.8. The number of hydrogen-bond acceptors (Lipinski definition) is 4. The zero-order chi connectivity index (χ0) is 29.2. The Hall–Kier alpha value is -3.37. The molecule has 5 heteroatoms. The van der Waals surface area contributed by atoms with Crippen LogP contribution in [0.1, 0.15) is 86.7 Å². The largest absolute Gasteiger partial charge is 0.384 e. The van der Waals surface area contributed by atoms with Gasteiger partial charge in [-0.15, -0.1) is 0 Å². The van der Waals surface area contributed by atoms with E-state index in [1.165, 1.54) is 69.5 Å². The number of anilines is 2. The Morgan fingerprint density at radius 2 is 1.58 bits per heavy atom. The molecule has 3 aliphatic rings. The summed E-state index contributed by atoms with van der Waals surface area (Å²) in [6.45, 7) is 4.25. The van der Waals surface area contributed by atoms with Crippen LogP contribution in [0.5, 0.6) is 0 Å². The van der Waals surface area contributed by atoms with Crippen LogP contribution in [-0.2, 0) is 19.3 Å². The number of benzene rings is 2. The van der Waals surface area contributed by atoms with E-state index in [0.29, 0.717) is 11.8 Å². The van der Waals surface area contributed by atoms with Gasteiger partial charge in [0.05, 0.1) is 11.0 Å². The van der Waals surface area contributed by atoms with Crippen LogP contribution >= 0.6 is 11.6 Å². The molecular weight excluding hydrogens is 548 g/mol. The van der Waals surface area contributed by atoms with E-state index in [2.05, 4.69) is 66.1 Å².